The summed E-state index contributed by atoms with van der Waals surface area (Å²) in [6.45, 7) is 9.37. The van der Waals surface area contributed by atoms with E-state index in [9.17, 15) is 9.59 Å². The minimum Gasteiger partial charge on any atom is -0.469 e. The van der Waals surface area contributed by atoms with Crippen LogP contribution in [0.3, 0.4) is 0 Å². The van der Waals surface area contributed by atoms with Crippen LogP contribution in [-0.2, 0) is 39.6 Å². The first kappa shape index (κ1) is 36.6. The lowest BCUT2D eigenvalue weighted by atomic mass is 10.0. The topological polar surface area (TPSA) is 105 Å². The summed E-state index contributed by atoms with van der Waals surface area (Å²) in [6.07, 6.45) is 14.0. The molecule has 0 bridgehead atoms. The van der Waals surface area contributed by atoms with Gasteiger partial charge in [0.05, 0.1) is 13.5 Å². The number of unbranched alkanes of at least 4 members (excludes halogenated alkanes) is 9. The van der Waals surface area contributed by atoms with Gasteiger partial charge in [0.2, 0.25) is 5.79 Å². The summed E-state index contributed by atoms with van der Waals surface area (Å²) < 4.78 is 36.5. The molecule has 1 aromatic carbocycles. The molecule has 3 saturated heterocycles. The lowest BCUT2D eigenvalue weighted by Gasteiger charge is -2.33. The highest BCUT2D eigenvalue weighted by molar-refractivity contribution is 5.85. The standard InChI is InChI=1S/C36H58N2O8/c1-5-6-7-8-9-10-11-12-13-17-24-42-27-36-33(45-35(2,3)46-36)32(30(44-36)26-38-22-15-14-16-23-38)43-34(40)37-29-20-18-28(19-21-29)25-31(39)41-4/h18-21,30,32-33H,5-17,22-27H2,1-4H3,(H,37,40)/t30-,32+,33-,36-/m0/s1. The predicted molar refractivity (Wildman–Crippen MR) is 177 cm³/mol. The molecule has 46 heavy (non-hydrogen) atoms. The van der Waals surface area contributed by atoms with Crippen LogP contribution < -0.4 is 5.32 Å². The Hall–Kier alpha value is -2.24. The van der Waals surface area contributed by atoms with Crippen LogP contribution in [-0.4, -0.2) is 86.8 Å². The number of nitrogens with zero attached hydrogens (tertiary/aromatic N) is 1. The zero-order valence-electron chi connectivity index (χ0n) is 28.7. The highest BCUT2D eigenvalue weighted by Crippen LogP contribution is 2.47. The van der Waals surface area contributed by atoms with E-state index in [1.807, 2.05) is 13.8 Å². The monoisotopic (exact) mass is 646 g/mol. The smallest absolute Gasteiger partial charge is 0.412 e. The number of benzene rings is 1. The van der Waals surface area contributed by atoms with Crippen LogP contribution in [0.5, 0.6) is 0 Å². The molecule has 3 aliphatic heterocycles. The van der Waals surface area contributed by atoms with Crippen LogP contribution in [0.15, 0.2) is 24.3 Å². The van der Waals surface area contributed by atoms with Gasteiger partial charge < -0.3 is 33.3 Å². The van der Waals surface area contributed by atoms with Crippen molar-refractivity contribution in [3.8, 4) is 0 Å². The van der Waals surface area contributed by atoms with Crippen LogP contribution in [0, 0.1) is 0 Å². The second-order valence-corrected chi connectivity index (χ2v) is 13.5. The molecule has 4 rings (SSSR count). The number of piperidine rings is 1. The Morgan fingerprint density at radius 1 is 0.913 bits per heavy atom. The molecule has 0 aromatic heterocycles. The lowest BCUT2D eigenvalue weighted by Crippen LogP contribution is -2.46. The van der Waals surface area contributed by atoms with E-state index in [0.717, 1.165) is 44.3 Å². The van der Waals surface area contributed by atoms with E-state index in [4.69, 9.17) is 28.4 Å². The fraction of sp³-hybridized carbons (Fsp3) is 0.778. The number of fused-ring (bicyclic) bond motifs is 1. The van der Waals surface area contributed by atoms with Gasteiger partial charge in [0, 0.05) is 18.8 Å². The zero-order valence-corrected chi connectivity index (χ0v) is 28.7. The molecule has 3 aliphatic rings. The summed E-state index contributed by atoms with van der Waals surface area (Å²) >= 11 is 0. The Balaban J connectivity index is 1.33. The predicted octanol–water partition coefficient (Wildman–Crippen LogP) is 6.99. The third kappa shape index (κ3) is 11.2. The van der Waals surface area contributed by atoms with Gasteiger partial charge in [0.15, 0.2) is 18.0 Å². The minimum atomic E-state index is -1.16. The second kappa shape index (κ2) is 18.3. The molecular formula is C36H58N2O8. The molecule has 1 amide bonds. The maximum Gasteiger partial charge on any atom is 0.412 e. The van der Waals surface area contributed by atoms with Crippen LogP contribution in [0.2, 0.25) is 0 Å². The van der Waals surface area contributed by atoms with Gasteiger partial charge in [-0.05, 0) is 63.9 Å². The molecular weight excluding hydrogens is 588 g/mol. The van der Waals surface area contributed by atoms with Gasteiger partial charge in [-0.1, -0.05) is 83.3 Å². The largest absolute Gasteiger partial charge is 0.469 e. The maximum atomic E-state index is 13.2. The Morgan fingerprint density at radius 3 is 2.22 bits per heavy atom. The fourth-order valence-corrected chi connectivity index (χ4v) is 6.76. The Labute approximate surface area is 276 Å². The number of esters is 1. The molecule has 10 heteroatoms. The number of rotatable bonds is 19. The Kier molecular flexibility index (Phi) is 14.6. The van der Waals surface area contributed by atoms with Crippen LogP contribution in [0.1, 0.15) is 110 Å². The Morgan fingerprint density at radius 2 is 1.57 bits per heavy atom. The molecule has 0 unspecified atom stereocenters. The van der Waals surface area contributed by atoms with Crippen LogP contribution >= 0.6 is 0 Å². The molecule has 1 N–H and O–H groups in total. The van der Waals surface area contributed by atoms with E-state index in [-0.39, 0.29) is 19.0 Å². The molecule has 0 spiro atoms. The summed E-state index contributed by atoms with van der Waals surface area (Å²) in [4.78, 5) is 27.2. The van der Waals surface area contributed by atoms with Gasteiger partial charge in [0.1, 0.15) is 12.7 Å². The highest BCUT2D eigenvalue weighted by atomic mass is 16.9. The number of carbonyl (C=O) groups excluding carboxylic acids is 2. The van der Waals surface area contributed by atoms with E-state index in [1.54, 1.807) is 24.3 Å². The zero-order chi connectivity index (χ0) is 32.8. The normalized spacial score (nSPS) is 25.7. The van der Waals surface area contributed by atoms with Crippen molar-refractivity contribution in [3.05, 3.63) is 29.8 Å². The van der Waals surface area contributed by atoms with Crippen molar-refractivity contribution in [1.29, 1.82) is 0 Å². The summed E-state index contributed by atoms with van der Waals surface area (Å²) in [5.74, 6) is -2.41. The number of anilines is 1. The summed E-state index contributed by atoms with van der Waals surface area (Å²) in [6, 6.07) is 7.02. The average molecular weight is 647 g/mol. The minimum absolute atomic E-state index is 0.164. The molecule has 3 fully saturated rings. The van der Waals surface area contributed by atoms with E-state index in [1.165, 1.54) is 64.9 Å². The van der Waals surface area contributed by atoms with Crippen molar-refractivity contribution in [2.75, 3.05) is 45.3 Å². The molecule has 0 aliphatic carbocycles. The molecule has 4 atom stereocenters. The third-order valence-corrected chi connectivity index (χ3v) is 9.13. The number of hydrogen-bond acceptors (Lipinski definition) is 9. The van der Waals surface area contributed by atoms with Crippen LogP contribution in [0.25, 0.3) is 0 Å². The van der Waals surface area contributed by atoms with Gasteiger partial charge >= 0.3 is 12.1 Å². The van der Waals surface area contributed by atoms with E-state index in [0.29, 0.717) is 18.8 Å². The fourth-order valence-electron chi connectivity index (χ4n) is 6.76. The molecule has 0 radical (unpaired) electrons. The molecule has 0 saturated carbocycles. The van der Waals surface area contributed by atoms with Gasteiger partial charge in [-0.25, -0.2) is 4.79 Å². The summed E-state index contributed by atoms with van der Waals surface area (Å²) in [5, 5.41) is 2.82. The number of methoxy groups -OCH3 is 1. The van der Waals surface area contributed by atoms with E-state index in [2.05, 4.69) is 17.1 Å². The van der Waals surface area contributed by atoms with Crippen molar-refractivity contribution in [3.63, 3.8) is 0 Å². The van der Waals surface area contributed by atoms with Gasteiger partial charge in [-0.3, -0.25) is 10.1 Å². The number of ether oxygens (including phenoxy) is 6. The lowest BCUT2D eigenvalue weighted by molar-refractivity contribution is -0.279. The second-order valence-electron chi connectivity index (χ2n) is 13.5. The molecule has 260 valence electrons. The van der Waals surface area contributed by atoms with Crippen LogP contribution in [0.4, 0.5) is 10.5 Å². The first-order valence-corrected chi connectivity index (χ1v) is 17.7. The quantitative estimate of drug-likeness (QED) is 0.126. The SMILES string of the molecule is CCCCCCCCCCCCOC[C@@]12O[C@@H](CN3CCCCC3)[C@@H](OC(=O)Nc3ccc(CC(=O)OC)cc3)[C@@H]1OC(C)(C)O2. The van der Waals surface area contributed by atoms with E-state index >= 15 is 0 Å². The van der Waals surface area contributed by atoms with Gasteiger partial charge in [0.25, 0.3) is 0 Å². The summed E-state index contributed by atoms with van der Waals surface area (Å²) in [5.41, 5.74) is 1.35. The number of hydrogen-bond donors (Lipinski definition) is 1. The number of nitrogens with one attached hydrogen (secondary N) is 1. The van der Waals surface area contributed by atoms with Crippen molar-refractivity contribution >= 4 is 17.7 Å². The van der Waals surface area contributed by atoms with Gasteiger partial charge in [-0.2, -0.15) is 0 Å². The number of amides is 1. The molecule has 3 heterocycles. The van der Waals surface area contributed by atoms with E-state index < -0.39 is 36.0 Å². The third-order valence-electron chi connectivity index (χ3n) is 9.13. The highest BCUT2D eigenvalue weighted by Gasteiger charge is 2.66. The van der Waals surface area contributed by atoms with Gasteiger partial charge in [-0.15, -0.1) is 0 Å². The number of carbonyl (C=O) groups is 2. The van der Waals surface area contributed by atoms with Crippen molar-refractivity contribution in [2.24, 2.45) is 0 Å². The molecule has 1 aromatic rings. The molecule has 10 nitrogen and oxygen atoms in total. The number of likely N-dealkylation sites (tertiary alicyclic amines) is 1. The average Bonchev–Trinajstić information content (AvgIpc) is 3.44. The van der Waals surface area contributed by atoms with Crippen molar-refractivity contribution in [1.82, 2.24) is 4.90 Å². The summed E-state index contributed by atoms with van der Waals surface area (Å²) in [7, 11) is 1.36. The first-order valence-electron chi connectivity index (χ1n) is 17.7. The Bertz CT molecular complexity index is 1060. The first-order chi connectivity index (χ1) is 22.2. The maximum absolute atomic E-state index is 13.2. The van der Waals surface area contributed by atoms with Crippen molar-refractivity contribution in [2.45, 2.75) is 141 Å². The van der Waals surface area contributed by atoms with Crippen molar-refractivity contribution < 1.29 is 38.0 Å².